The Balaban J connectivity index is 2.19. The summed E-state index contributed by atoms with van der Waals surface area (Å²) >= 11 is 6.12. The predicted octanol–water partition coefficient (Wildman–Crippen LogP) is 2.57. The van der Waals surface area contributed by atoms with Crippen molar-refractivity contribution in [3.63, 3.8) is 0 Å². The molecule has 1 aromatic carbocycles. The minimum absolute atomic E-state index is 0.209. The van der Waals surface area contributed by atoms with E-state index in [0.717, 1.165) is 10.6 Å². The average Bonchev–Trinajstić information content (AvgIpc) is 2.40. The van der Waals surface area contributed by atoms with Crippen LogP contribution in [0.25, 0.3) is 0 Å². The van der Waals surface area contributed by atoms with Gasteiger partial charge in [0, 0.05) is 18.1 Å². The van der Waals surface area contributed by atoms with Crippen molar-refractivity contribution in [3.05, 3.63) is 34.9 Å². The quantitative estimate of drug-likeness (QED) is 0.674. The van der Waals surface area contributed by atoms with Crippen LogP contribution in [0.2, 0.25) is 5.02 Å². The van der Waals surface area contributed by atoms with Crippen LogP contribution in [0.4, 0.5) is 0 Å². The van der Waals surface area contributed by atoms with Crippen molar-refractivity contribution in [2.45, 2.75) is 32.6 Å². The van der Waals surface area contributed by atoms with Gasteiger partial charge in [-0.3, -0.25) is 4.90 Å². The van der Waals surface area contributed by atoms with Crippen molar-refractivity contribution in [3.8, 4) is 0 Å². The van der Waals surface area contributed by atoms with Gasteiger partial charge in [-0.15, -0.1) is 0 Å². The van der Waals surface area contributed by atoms with Crippen molar-refractivity contribution >= 4 is 11.6 Å². The van der Waals surface area contributed by atoms with Gasteiger partial charge in [0.2, 0.25) is 0 Å². The lowest BCUT2D eigenvalue weighted by molar-refractivity contribution is -0.0174. The maximum atomic E-state index is 9.93. The van der Waals surface area contributed by atoms with Crippen LogP contribution in [0.5, 0.6) is 0 Å². The van der Waals surface area contributed by atoms with E-state index in [9.17, 15) is 5.11 Å². The Bertz CT molecular complexity index is 401. The summed E-state index contributed by atoms with van der Waals surface area (Å²) in [7, 11) is 1.95. The fraction of sp³-hybridized carbons (Fsp3) is 0.625. The molecule has 0 saturated carbocycles. The van der Waals surface area contributed by atoms with Crippen LogP contribution >= 0.6 is 11.6 Å². The van der Waals surface area contributed by atoms with Gasteiger partial charge in [0.05, 0.1) is 32.0 Å². The predicted molar refractivity (Wildman–Crippen MR) is 85.7 cm³/mol. The molecule has 1 N–H and O–H groups in total. The highest BCUT2D eigenvalue weighted by Gasteiger charge is 2.10. The zero-order chi connectivity index (χ0) is 15.7. The molecule has 0 heterocycles. The molecule has 1 rings (SSSR count). The molecular weight excluding hydrogens is 290 g/mol. The van der Waals surface area contributed by atoms with E-state index >= 15 is 0 Å². The first-order valence-electron chi connectivity index (χ1n) is 7.28. The fourth-order valence-electron chi connectivity index (χ4n) is 1.96. The van der Waals surface area contributed by atoms with Gasteiger partial charge in [0.1, 0.15) is 0 Å². The number of halogens is 1. The molecule has 21 heavy (non-hydrogen) atoms. The molecule has 120 valence electrons. The number of hydrogen-bond donors (Lipinski definition) is 1. The molecular formula is C16H26ClNO3. The lowest BCUT2D eigenvalue weighted by atomic mass is 10.2. The maximum Gasteiger partial charge on any atom is 0.0900 e. The van der Waals surface area contributed by atoms with Crippen molar-refractivity contribution in [2.24, 2.45) is 0 Å². The minimum atomic E-state index is -0.517. The van der Waals surface area contributed by atoms with Gasteiger partial charge >= 0.3 is 0 Å². The first-order valence-corrected chi connectivity index (χ1v) is 7.66. The Morgan fingerprint density at radius 1 is 1.24 bits per heavy atom. The SMILES string of the molecule is CC(C)OCCOCC(O)CN(C)Cc1ccccc1Cl. The molecule has 0 amide bonds. The lowest BCUT2D eigenvalue weighted by Gasteiger charge is -2.21. The summed E-state index contributed by atoms with van der Waals surface area (Å²) in [5.41, 5.74) is 1.06. The minimum Gasteiger partial charge on any atom is -0.389 e. The lowest BCUT2D eigenvalue weighted by Crippen LogP contribution is -2.32. The van der Waals surface area contributed by atoms with E-state index in [4.69, 9.17) is 21.1 Å². The summed E-state index contributed by atoms with van der Waals surface area (Å²) in [4.78, 5) is 2.03. The monoisotopic (exact) mass is 315 g/mol. The third-order valence-corrected chi connectivity index (χ3v) is 3.28. The number of aliphatic hydroxyl groups is 1. The van der Waals surface area contributed by atoms with Gasteiger partial charge in [0.15, 0.2) is 0 Å². The normalized spacial score (nSPS) is 13.1. The Labute approximate surface area is 132 Å². The molecule has 0 radical (unpaired) electrons. The van der Waals surface area contributed by atoms with Gasteiger partial charge in [-0.25, -0.2) is 0 Å². The second-order valence-corrected chi connectivity index (χ2v) is 5.84. The Morgan fingerprint density at radius 3 is 2.62 bits per heavy atom. The van der Waals surface area contributed by atoms with E-state index in [0.29, 0.717) is 32.9 Å². The molecule has 0 fully saturated rings. The van der Waals surface area contributed by atoms with Gasteiger partial charge in [-0.05, 0) is 32.5 Å². The van der Waals surface area contributed by atoms with E-state index in [1.165, 1.54) is 0 Å². The molecule has 0 aliphatic heterocycles. The van der Waals surface area contributed by atoms with Crippen LogP contribution in [-0.2, 0) is 16.0 Å². The van der Waals surface area contributed by atoms with Crippen molar-refractivity contribution < 1.29 is 14.6 Å². The third kappa shape index (κ3) is 8.39. The highest BCUT2D eigenvalue weighted by molar-refractivity contribution is 6.31. The smallest absolute Gasteiger partial charge is 0.0900 e. The molecule has 0 bridgehead atoms. The van der Waals surface area contributed by atoms with E-state index in [2.05, 4.69) is 0 Å². The Morgan fingerprint density at radius 2 is 1.95 bits per heavy atom. The molecule has 0 spiro atoms. The second kappa shape index (κ2) is 10.1. The molecule has 0 saturated heterocycles. The fourth-order valence-corrected chi connectivity index (χ4v) is 2.15. The van der Waals surface area contributed by atoms with Gasteiger partial charge in [-0.2, -0.15) is 0 Å². The summed E-state index contributed by atoms with van der Waals surface area (Å²) < 4.78 is 10.8. The molecule has 0 aliphatic carbocycles. The van der Waals surface area contributed by atoms with E-state index in [1.54, 1.807) is 0 Å². The van der Waals surface area contributed by atoms with Crippen LogP contribution in [0.3, 0.4) is 0 Å². The zero-order valence-corrected chi connectivity index (χ0v) is 13.8. The summed E-state index contributed by atoms with van der Waals surface area (Å²) in [5, 5.41) is 10.7. The first-order chi connectivity index (χ1) is 9.99. The summed E-state index contributed by atoms with van der Waals surface area (Å²) in [6.45, 7) is 6.58. The number of rotatable bonds is 10. The van der Waals surface area contributed by atoms with Crippen LogP contribution in [0, 0.1) is 0 Å². The molecule has 1 aromatic rings. The van der Waals surface area contributed by atoms with Crippen LogP contribution < -0.4 is 0 Å². The van der Waals surface area contributed by atoms with Crippen LogP contribution in [0.15, 0.2) is 24.3 Å². The Hall–Kier alpha value is -0.650. The summed E-state index contributed by atoms with van der Waals surface area (Å²) in [6, 6.07) is 7.74. The number of nitrogens with zero attached hydrogens (tertiary/aromatic N) is 1. The molecule has 4 nitrogen and oxygen atoms in total. The largest absolute Gasteiger partial charge is 0.389 e. The van der Waals surface area contributed by atoms with E-state index in [1.807, 2.05) is 50.1 Å². The van der Waals surface area contributed by atoms with Crippen LogP contribution in [0.1, 0.15) is 19.4 Å². The van der Waals surface area contributed by atoms with E-state index in [-0.39, 0.29) is 6.10 Å². The van der Waals surface area contributed by atoms with Gasteiger partial charge in [-0.1, -0.05) is 29.8 Å². The first kappa shape index (κ1) is 18.4. The number of ether oxygens (including phenoxy) is 2. The molecule has 1 atom stereocenters. The Kier molecular flexibility index (Phi) is 8.88. The highest BCUT2D eigenvalue weighted by atomic mass is 35.5. The zero-order valence-electron chi connectivity index (χ0n) is 13.1. The molecule has 1 unspecified atom stereocenters. The van der Waals surface area contributed by atoms with Crippen LogP contribution in [-0.4, -0.2) is 55.6 Å². The van der Waals surface area contributed by atoms with Gasteiger partial charge in [0.25, 0.3) is 0 Å². The van der Waals surface area contributed by atoms with Crippen molar-refractivity contribution in [1.82, 2.24) is 4.90 Å². The topological polar surface area (TPSA) is 41.9 Å². The summed E-state index contributed by atoms with van der Waals surface area (Å²) in [5.74, 6) is 0. The van der Waals surface area contributed by atoms with Crippen molar-refractivity contribution in [1.29, 1.82) is 0 Å². The van der Waals surface area contributed by atoms with Gasteiger partial charge < -0.3 is 14.6 Å². The number of hydrogen-bond acceptors (Lipinski definition) is 4. The van der Waals surface area contributed by atoms with Crippen molar-refractivity contribution in [2.75, 3.05) is 33.4 Å². The maximum absolute atomic E-state index is 9.93. The highest BCUT2D eigenvalue weighted by Crippen LogP contribution is 2.16. The third-order valence-electron chi connectivity index (χ3n) is 2.91. The second-order valence-electron chi connectivity index (χ2n) is 5.44. The standard InChI is InChI=1S/C16H26ClNO3/c1-13(2)21-9-8-20-12-15(19)11-18(3)10-14-6-4-5-7-16(14)17/h4-7,13,15,19H,8-12H2,1-3H3. The molecule has 0 aromatic heterocycles. The summed E-state index contributed by atoms with van der Waals surface area (Å²) in [6.07, 6.45) is -0.309. The number of benzene rings is 1. The number of aliphatic hydroxyl groups excluding tert-OH is 1. The molecule has 5 heteroatoms. The average molecular weight is 316 g/mol. The molecule has 0 aliphatic rings. The number of likely N-dealkylation sites (N-methyl/N-ethyl adjacent to an activating group) is 1. The van der Waals surface area contributed by atoms with E-state index < -0.39 is 6.10 Å².